The predicted octanol–water partition coefficient (Wildman–Crippen LogP) is 3.01. The molecule has 1 N–H and O–H groups in total. The summed E-state index contributed by atoms with van der Waals surface area (Å²) in [6.07, 6.45) is 2.60. The Hall–Kier alpha value is -0.340. The van der Waals surface area contributed by atoms with E-state index in [2.05, 4.69) is 45.5 Å². The van der Waals surface area contributed by atoms with E-state index in [4.69, 9.17) is 0 Å². The monoisotopic (exact) mass is 239 g/mol. The van der Waals surface area contributed by atoms with Crippen LogP contribution in [0.5, 0.6) is 0 Å². The van der Waals surface area contributed by atoms with Crippen molar-refractivity contribution in [3.8, 4) is 0 Å². The summed E-state index contributed by atoms with van der Waals surface area (Å²) in [5, 5.41) is 4.45. The second-order valence-corrected chi connectivity index (χ2v) is 4.08. The van der Waals surface area contributed by atoms with Gasteiger partial charge in [-0.3, -0.25) is 0 Å². The molecule has 1 aliphatic heterocycles. The third kappa shape index (κ3) is 2.12. The lowest BCUT2D eigenvalue weighted by Crippen LogP contribution is -2.12. The van der Waals surface area contributed by atoms with Crippen molar-refractivity contribution >= 4 is 15.9 Å². The normalized spacial score (nSPS) is 22.1. The summed E-state index contributed by atoms with van der Waals surface area (Å²) in [4.78, 5) is 0. The summed E-state index contributed by atoms with van der Waals surface area (Å²) in [6.45, 7) is 1.17. The molecule has 2 rings (SSSR count). The number of rotatable bonds is 2. The van der Waals surface area contributed by atoms with Gasteiger partial charge in [0.25, 0.3) is 0 Å². The number of alkyl halides is 1. The summed E-state index contributed by atoms with van der Waals surface area (Å²) >= 11 is 3.45. The number of nitrogens with one attached hydrogen (secondary N) is 1. The molecule has 1 aromatic carbocycles. The molecule has 2 heteroatoms. The molecule has 1 saturated heterocycles. The van der Waals surface area contributed by atoms with Crippen molar-refractivity contribution in [2.45, 2.75) is 24.2 Å². The Morgan fingerprint density at radius 2 is 2.08 bits per heavy atom. The zero-order valence-corrected chi connectivity index (χ0v) is 9.18. The highest BCUT2D eigenvalue weighted by Gasteiger charge is 2.15. The molecule has 13 heavy (non-hydrogen) atoms. The van der Waals surface area contributed by atoms with E-state index in [0.717, 1.165) is 5.33 Å². The van der Waals surface area contributed by atoms with E-state index >= 15 is 0 Å². The van der Waals surface area contributed by atoms with Crippen LogP contribution in [0.3, 0.4) is 0 Å². The van der Waals surface area contributed by atoms with Gasteiger partial charge in [-0.25, -0.2) is 0 Å². The summed E-state index contributed by atoms with van der Waals surface area (Å²) < 4.78 is 0. The molecule has 0 spiro atoms. The lowest BCUT2D eigenvalue weighted by atomic mass is 10.0. The molecule has 70 valence electrons. The first-order valence-electron chi connectivity index (χ1n) is 4.78. The van der Waals surface area contributed by atoms with Crippen molar-refractivity contribution in [1.29, 1.82) is 0 Å². The van der Waals surface area contributed by atoms with Gasteiger partial charge in [-0.1, -0.05) is 40.2 Å². The molecule has 1 nitrogen and oxygen atoms in total. The highest BCUT2D eigenvalue weighted by atomic mass is 79.9. The minimum absolute atomic E-state index is 0.601. The highest BCUT2D eigenvalue weighted by molar-refractivity contribution is 9.08. The van der Waals surface area contributed by atoms with Crippen LogP contribution in [0.1, 0.15) is 30.0 Å². The van der Waals surface area contributed by atoms with Crippen LogP contribution in [0.4, 0.5) is 0 Å². The number of benzene rings is 1. The van der Waals surface area contributed by atoms with Crippen molar-refractivity contribution in [2.24, 2.45) is 0 Å². The SMILES string of the molecule is BrCc1ccc(C2CCCN2)cc1. The van der Waals surface area contributed by atoms with E-state index in [1.54, 1.807) is 0 Å². The van der Waals surface area contributed by atoms with Crippen LogP contribution in [0, 0.1) is 0 Å². The molecule has 0 amide bonds. The molecular weight excluding hydrogens is 226 g/mol. The zero-order valence-electron chi connectivity index (χ0n) is 7.59. The molecule has 0 bridgehead atoms. The van der Waals surface area contributed by atoms with Crippen molar-refractivity contribution in [2.75, 3.05) is 6.54 Å². The van der Waals surface area contributed by atoms with E-state index in [-0.39, 0.29) is 0 Å². The minimum Gasteiger partial charge on any atom is -0.310 e. The van der Waals surface area contributed by atoms with Gasteiger partial charge in [0.15, 0.2) is 0 Å². The molecule has 0 saturated carbocycles. The average molecular weight is 240 g/mol. The quantitative estimate of drug-likeness (QED) is 0.783. The average Bonchev–Trinajstić information content (AvgIpc) is 2.71. The number of hydrogen-bond acceptors (Lipinski definition) is 1. The van der Waals surface area contributed by atoms with Crippen molar-refractivity contribution in [1.82, 2.24) is 5.32 Å². The Kier molecular flexibility index (Phi) is 3.01. The van der Waals surface area contributed by atoms with Crippen LogP contribution in [0.2, 0.25) is 0 Å². The van der Waals surface area contributed by atoms with Gasteiger partial charge in [0, 0.05) is 11.4 Å². The molecular formula is C11H14BrN. The maximum absolute atomic E-state index is 3.50. The fourth-order valence-electron chi connectivity index (χ4n) is 1.81. The standard InChI is InChI=1S/C11H14BrN/c12-8-9-3-5-10(6-4-9)11-2-1-7-13-11/h3-6,11,13H,1-2,7-8H2. The second kappa shape index (κ2) is 4.25. The molecule has 1 fully saturated rings. The van der Waals surface area contributed by atoms with Crippen LogP contribution >= 0.6 is 15.9 Å². The Labute approximate surface area is 87.7 Å². The Morgan fingerprint density at radius 3 is 2.62 bits per heavy atom. The summed E-state index contributed by atoms with van der Waals surface area (Å²) in [5.41, 5.74) is 2.78. The van der Waals surface area contributed by atoms with Crippen molar-refractivity contribution in [3.63, 3.8) is 0 Å². The Morgan fingerprint density at radius 1 is 1.31 bits per heavy atom. The van der Waals surface area contributed by atoms with Gasteiger partial charge in [0.1, 0.15) is 0 Å². The van der Waals surface area contributed by atoms with Crippen LogP contribution in [0.15, 0.2) is 24.3 Å². The van der Waals surface area contributed by atoms with Crippen LogP contribution in [0.25, 0.3) is 0 Å². The van der Waals surface area contributed by atoms with Gasteiger partial charge in [-0.2, -0.15) is 0 Å². The molecule has 1 unspecified atom stereocenters. The number of hydrogen-bond donors (Lipinski definition) is 1. The molecule has 1 atom stereocenters. The van der Waals surface area contributed by atoms with Gasteiger partial charge in [0.2, 0.25) is 0 Å². The van der Waals surface area contributed by atoms with Gasteiger partial charge in [0.05, 0.1) is 0 Å². The molecule has 0 radical (unpaired) electrons. The first-order valence-corrected chi connectivity index (χ1v) is 5.90. The topological polar surface area (TPSA) is 12.0 Å². The van der Waals surface area contributed by atoms with Crippen LogP contribution < -0.4 is 5.32 Å². The predicted molar refractivity (Wildman–Crippen MR) is 59.1 cm³/mol. The Bertz CT molecular complexity index is 262. The molecule has 1 heterocycles. The molecule has 1 aromatic rings. The van der Waals surface area contributed by atoms with E-state index in [1.165, 1.54) is 30.5 Å². The second-order valence-electron chi connectivity index (χ2n) is 3.52. The fraction of sp³-hybridized carbons (Fsp3) is 0.455. The molecule has 1 aliphatic rings. The third-order valence-electron chi connectivity index (χ3n) is 2.60. The summed E-state index contributed by atoms with van der Waals surface area (Å²) in [5.74, 6) is 0. The smallest absolute Gasteiger partial charge is 0.0320 e. The zero-order chi connectivity index (χ0) is 9.10. The highest BCUT2D eigenvalue weighted by Crippen LogP contribution is 2.23. The van der Waals surface area contributed by atoms with Crippen molar-refractivity contribution in [3.05, 3.63) is 35.4 Å². The summed E-state index contributed by atoms with van der Waals surface area (Å²) in [7, 11) is 0. The van der Waals surface area contributed by atoms with Crippen LogP contribution in [-0.4, -0.2) is 6.54 Å². The van der Waals surface area contributed by atoms with E-state index in [9.17, 15) is 0 Å². The number of halogens is 1. The van der Waals surface area contributed by atoms with Crippen LogP contribution in [-0.2, 0) is 5.33 Å². The largest absolute Gasteiger partial charge is 0.310 e. The Balaban J connectivity index is 2.12. The summed E-state index contributed by atoms with van der Waals surface area (Å²) in [6, 6.07) is 9.47. The lowest BCUT2D eigenvalue weighted by molar-refractivity contribution is 0.647. The third-order valence-corrected chi connectivity index (χ3v) is 3.24. The minimum atomic E-state index is 0.601. The van der Waals surface area contributed by atoms with Crippen molar-refractivity contribution < 1.29 is 0 Å². The maximum atomic E-state index is 3.50. The maximum Gasteiger partial charge on any atom is 0.0320 e. The van der Waals surface area contributed by atoms with E-state index in [1.807, 2.05) is 0 Å². The molecule has 0 aliphatic carbocycles. The molecule has 0 aromatic heterocycles. The van der Waals surface area contributed by atoms with E-state index < -0.39 is 0 Å². The first kappa shape index (κ1) is 9.22. The van der Waals surface area contributed by atoms with Gasteiger partial charge in [-0.15, -0.1) is 0 Å². The van der Waals surface area contributed by atoms with E-state index in [0.29, 0.717) is 6.04 Å². The first-order chi connectivity index (χ1) is 6.40. The van der Waals surface area contributed by atoms with Gasteiger partial charge < -0.3 is 5.32 Å². The lowest BCUT2D eigenvalue weighted by Gasteiger charge is -2.10. The van der Waals surface area contributed by atoms with Gasteiger partial charge in [-0.05, 0) is 30.5 Å². The fourth-order valence-corrected chi connectivity index (χ4v) is 2.18. The van der Waals surface area contributed by atoms with Gasteiger partial charge >= 0.3 is 0 Å².